The molecular formula is C21H36O4. The van der Waals surface area contributed by atoms with Gasteiger partial charge in [0, 0.05) is 0 Å². The molecule has 0 spiro atoms. The Morgan fingerprint density at radius 1 is 0.680 bits per heavy atom. The summed E-state index contributed by atoms with van der Waals surface area (Å²) in [4.78, 5) is 22.9. The van der Waals surface area contributed by atoms with Gasteiger partial charge in [-0.2, -0.15) is 0 Å². The normalized spacial score (nSPS) is 11.3. The van der Waals surface area contributed by atoms with Crippen LogP contribution in [-0.2, 0) is 19.1 Å². The molecule has 0 aliphatic heterocycles. The average Bonchev–Trinajstić information content (AvgIpc) is 2.61. The predicted molar refractivity (Wildman–Crippen MR) is 102 cm³/mol. The maximum atomic E-state index is 11.5. The minimum Gasteiger partial charge on any atom is -0.461 e. The quantitative estimate of drug-likeness (QED) is 0.209. The molecule has 25 heavy (non-hydrogen) atoms. The fourth-order valence-electron chi connectivity index (χ4n) is 2.27. The number of hydrogen-bond donors (Lipinski definition) is 0. The Morgan fingerprint density at radius 2 is 1.20 bits per heavy atom. The molecule has 144 valence electrons. The van der Waals surface area contributed by atoms with E-state index in [9.17, 15) is 9.59 Å². The van der Waals surface area contributed by atoms with Crippen molar-refractivity contribution in [2.75, 3.05) is 13.2 Å². The van der Waals surface area contributed by atoms with Gasteiger partial charge in [0.15, 0.2) is 0 Å². The summed E-state index contributed by atoms with van der Waals surface area (Å²) in [5, 5.41) is 0. The zero-order chi connectivity index (χ0) is 18.6. The van der Waals surface area contributed by atoms with Crippen LogP contribution in [0, 0.1) is 0 Å². The smallest absolute Gasteiger partial charge is 0.306 e. The fraction of sp³-hybridized carbons (Fsp3) is 0.714. The second kappa shape index (κ2) is 18.8. The van der Waals surface area contributed by atoms with Crippen molar-refractivity contribution in [3.05, 3.63) is 24.3 Å². The van der Waals surface area contributed by atoms with Crippen molar-refractivity contribution >= 4 is 11.9 Å². The molecule has 0 rings (SSSR count). The molecule has 0 fully saturated rings. The largest absolute Gasteiger partial charge is 0.461 e. The minimum atomic E-state index is -0.368. The molecule has 0 aliphatic carbocycles. The third-order valence-corrected chi connectivity index (χ3v) is 3.76. The zero-order valence-electron chi connectivity index (χ0n) is 16.1. The van der Waals surface area contributed by atoms with Crippen molar-refractivity contribution in [1.82, 2.24) is 0 Å². The van der Waals surface area contributed by atoms with Crippen LogP contribution in [0.25, 0.3) is 0 Å². The lowest BCUT2D eigenvalue weighted by molar-refractivity contribution is -0.149. The number of carbonyl (C=O) groups excluding carboxylic acids is 2. The Kier molecular flexibility index (Phi) is 17.6. The third-order valence-electron chi connectivity index (χ3n) is 3.76. The molecule has 4 nitrogen and oxygen atoms in total. The van der Waals surface area contributed by atoms with Crippen molar-refractivity contribution in [2.45, 2.75) is 84.5 Å². The van der Waals surface area contributed by atoms with Crippen LogP contribution in [0.15, 0.2) is 24.3 Å². The number of unbranched alkanes of at least 4 members (excludes halogenated alkanes) is 7. The molecule has 0 amide bonds. The van der Waals surface area contributed by atoms with Gasteiger partial charge in [-0.1, -0.05) is 76.7 Å². The molecule has 4 heteroatoms. The summed E-state index contributed by atoms with van der Waals surface area (Å²) in [5.74, 6) is -0.728. The van der Waals surface area contributed by atoms with Gasteiger partial charge in [0.05, 0.1) is 12.8 Å². The lowest BCUT2D eigenvalue weighted by Crippen LogP contribution is -2.10. The van der Waals surface area contributed by atoms with E-state index < -0.39 is 0 Å². The minimum absolute atomic E-state index is 0.0700. The summed E-state index contributed by atoms with van der Waals surface area (Å²) in [5.41, 5.74) is 0. The van der Waals surface area contributed by atoms with E-state index in [-0.39, 0.29) is 38.0 Å². The summed E-state index contributed by atoms with van der Waals surface area (Å²) in [7, 11) is 0. The lowest BCUT2D eigenvalue weighted by Gasteiger charge is -2.03. The van der Waals surface area contributed by atoms with Crippen molar-refractivity contribution < 1.29 is 19.1 Å². The SMILES string of the molecule is CC/C=C\COC(=O)CCC(=O)OC/C=C/CCCCCCCCC. The van der Waals surface area contributed by atoms with Crippen LogP contribution in [0.2, 0.25) is 0 Å². The molecule has 0 aromatic carbocycles. The Balaban J connectivity index is 3.44. The van der Waals surface area contributed by atoms with E-state index in [4.69, 9.17) is 9.47 Å². The van der Waals surface area contributed by atoms with E-state index in [1.807, 2.05) is 19.1 Å². The monoisotopic (exact) mass is 352 g/mol. The van der Waals surface area contributed by atoms with Gasteiger partial charge in [0.1, 0.15) is 13.2 Å². The van der Waals surface area contributed by atoms with Crippen molar-refractivity contribution in [3.8, 4) is 0 Å². The fourth-order valence-corrected chi connectivity index (χ4v) is 2.27. The predicted octanol–water partition coefficient (Wildman–Crippen LogP) is 5.52. The first-order valence-corrected chi connectivity index (χ1v) is 9.81. The molecular weight excluding hydrogens is 316 g/mol. The van der Waals surface area contributed by atoms with Crippen molar-refractivity contribution in [3.63, 3.8) is 0 Å². The van der Waals surface area contributed by atoms with Gasteiger partial charge >= 0.3 is 11.9 Å². The molecule has 0 aliphatic rings. The van der Waals surface area contributed by atoms with Crippen molar-refractivity contribution in [2.24, 2.45) is 0 Å². The van der Waals surface area contributed by atoms with Crippen LogP contribution in [-0.4, -0.2) is 25.2 Å². The Bertz CT molecular complexity index is 385. The summed E-state index contributed by atoms with van der Waals surface area (Å²) in [6, 6.07) is 0. The number of allylic oxidation sites excluding steroid dienone is 2. The molecule has 0 saturated heterocycles. The van der Waals surface area contributed by atoms with Gasteiger partial charge in [0.2, 0.25) is 0 Å². The van der Waals surface area contributed by atoms with E-state index in [1.165, 1.54) is 44.9 Å². The average molecular weight is 353 g/mol. The summed E-state index contributed by atoms with van der Waals surface area (Å²) in [6.07, 6.45) is 18.9. The highest BCUT2D eigenvalue weighted by Gasteiger charge is 2.07. The van der Waals surface area contributed by atoms with Gasteiger partial charge in [-0.15, -0.1) is 0 Å². The van der Waals surface area contributed by atoms with Gasteiger partial charge in [-0.3, -0.25) is 9.59 Å². The number of rotatable bonds is 16. The van der Waals surface area contributed by atoms with Gasteiger partial charge in [0.25, 0.3) is 0 Å². The molecule has 0 N–H and O–H groups in total. The molecule has 0 saturated carbocycles. The summed E-state index contributed by atoms with van der Waals surface area (Å²) in [6.45, 7) is 4.79. The van der Waals surface area contributed by atoms with Crippen molar-refractivity contribution in [1.29, 1.82) is 0 Å². The molecule has 0 aromatic heterocycles. The summed E-state index contributed by atoms with van der Waals surface area (Å²) >= 11 is 0. The molecule has 0 aromatic rings. The summed E-state index contributed by atoms with van der Waals surface area (Å²) < 4.78 is 10.0. The second-order valence-electron chi connectivity index (χ2n) is 6.13. The van der Waals surface area contributed by atoms with Crippen LogP contribution in [0.4, 0.5) is 0 Å². The number of esters is 2. The van der Waals surface area contributed by atoms with Gasteiger partial charge in [-0.05, 0) is 19.3 Å². The van der Waals surface area contributed by atoms with E-state index in [2.05, 4.69) is 13.0 Å². The first-order chi connectivity index (χ1) is 12.2. The Labute approximate surface area is 153 Å². The van der Waals surface area contributed by atoms with Crippen LogP contribution >= 0.6 is 0 Å². The first kappa shape index (κ1) is 23.4. The Hall–Kier alpha value is -1.58. The molecule has 0 bridgehead atoms. The highest BCUT2D eigenvalue weighted by atomic mass is 16.5. The molecule has 0 unspecified atom stereocenters. The van der Waals surface area contributed by atoms with E-state index >= 15 is 0 Å². The topological polar surface area (TPSA) is 52.6 Å². The van der Waals surface area contributed by atoms with Gasteiger partial charge < -0.3 is 9.47 Å². The number of hydrogen-bond acceptors (Lipinski definition) is 4. The van der Waals surface area contributed by atoms with Crippen LogP contribution in [0.3, 0.4) is 0 Å². The maximum absolute atomic E-state index is 11.5. The standard InChI is InChI=1S/C21H36O4/c1-3-5-7-8-9-10-11-12-13-15-19-25-21(23)17-16-20(22)24-18-14-6-4-2/h6,13-15H,3-5,7-12,16-19H2,1-2H3/b14-6-,15-13+. The number of ether oxygens (including phenoxy) is 2. The van der Waals surface area contributed by atoms with Crippen LogP contribution < -0.4 is 0 Å². The van der Waals surface area contributed by atoms with E-state index in [0.717, 1.165) is 12.8 Å². The third kappa shape index (κ3) is 18.6. The second-order valence-corrected chi connectivity index (χ2v) is 6.13. The molecule has 0 atom stereocenters. The van der Waals surface area contributed by atoms with Crippen LogP contribution in [0.5, 0.6) is 0 Å². The highest BCUT2D eigenvalue weighted by molar-refractivity contribution is 5.77. The zero-order valence-corrected chi connectivity index (χ0v) is 16.1. The Morgan fingerprint density at radius 3 is 1.76 bits per heavy atom. The molecule has 0 heterocycles. The van der Waals surface area contributed by atoms with Gasteiger partial charge in [-0.25, -0.2) is 0 Å². The first-order valence-electron chi connectivity index (χ1n) is 9.81. The maximum Gasteiger partial charge on any atom is 0.306 e. The van der Waals surface area contributed by atoms with E-state index in [0.29, 0.717) is 0 Å². The van der Waals surface area contributed by atoms with Crippen LogP contribution in [0.1, 0.15) is 84.5 Å². The molecule has 0 radical (unpaired) electrons. The van der Waals surface area contributed by atoms with E-state index in [1.54, 1.807) is 6.08 Å². The highest BCUT2D eigenvalue weighted by Crippen LogP contribution is 2.08. The number of carbonyl (C=O) groups is 2. The lowest BCUT2D eigenvalue weighted by atomic mass is 10.1.